The average Bonchev–Trinajstić information content (AvgIpc) is 3.04. The molecule has 3 aromatic rings. The van der Waals surface area contributed by atoms with Gasteiger partial charge in [-0.15, -0.1) is 0 Å². The van der Waals surface area contributed by atoms with Crippen LogP contribution in [0.15, 0.2) is 63.6 Å². The number of nitrogens with one attached hydrogen (secondary N) is 1. The summed E-state index contributed by atoms with van der Waals surface area (Å²) in [4.78, 5) is 4.10. The van der Waals surface area contributed by atoms with Gasteiger partial charge in [-0.05, 0) is 36.4 Å². The van der Waals surface area contributed by atoms with Crippen LogP contribution in [0.5, 0.6) is 5.88 Å². The lowest BCUT2D eigenvalue weighted by molar-refractivity contribution is 0.300. The Bertz CT molecular complexity index is 793. The topological polar surface area (TPSA) is 47.3 Å². The summed E-state index contributed by atoms with van der Waals surface area (Å²) in [7, 11) is 0. The van der Waals surface area contributed by atoms with Gasteiger partial charge < -0.3 is 14.5 Å². The summed E-state index contributed by atoms with van der Waals surface area (Å²) >= 11 is 9.65. The number of rotatable bonds is 7. The molecule has 0 saturated heterocycles. The van der Waals surface area contributed by atoms with Crippen molar-refractivity contribution in [3.05, 3.63) is 70.0 Å². The number of ether oxygens (including phenoxy) is 1. The molecule has 24 heavy (non-hydrogen) atoms. The Kier molecular flexibility index (Phi) is 5.91. The van der Waals surface area contributed by atoms with Crippen molar-refractivity contribution in [1.82, 2.24) is 10.3 Å². The Labute approximate surface area is 153 Å². The zero-order valence-corrected chi connectivity index (χ0v) is 15.2. The minimum atomic E-state index is 0.545. The molecule has 0 spiro atoms. The van der Waals surface area contributed by atoms with Crippen LogP contribution in [0.25, 0.3) is 11.3 Å². The molecule has 6 heteroatoms. The molecule has 0 radical (unpaired) electrons. The predicted octanol–water partition coefficient (Wildman–Crippen LogP) is 4.93. The molecule has 0 saturated carbocycles. The highest BCUT2D eigenvalue weighted by atomic mass is 79.9. The number of hydrogen-bond donors (Lipinski definition) is 1. The number of pyridine rings is 1. The summed E-state index contributed by atoms with van der Waals surface area (Å²) in [5.74, 6) is 2.24. The quantitative estimate of drug-likeness (QED) is 0.564. The molecule has 0 fully saturated rings. The first-order valence-electron chi connectivity index (χ1n) is 7.51. The van der Waals surface area contributed by atoms with E-state index in [1.807, 2.05) is 48.5 Å². The lowest BCUT2D eigenvalue weighted by Gasteiger charge is -2.05. The predicted molar refractivity (Wildman–Crippen MR) is 98.3 cm³/mol. The lowest BCUT2D eigenvalue weighted by Crippen LogP contribution is -2.20. The van der Waals surface area contributed by atoms with Crippen LogP contribution in [0.4, 0.5) is 0 Å². The van der Waals surface area contributed by atoms with Gasteiger partial charge in [0.1, 0.15) is 18.1 Å². The van der Waals surface area contributed by atoms with Gasteiger partial charge in [0.05, 0.1) is 11.6 Å². The van der Waals surface area contributed by atoms with E-state index in [2.05, 4.69) is 26.2 Å². The fourth-order valence-electron chi connectivity index (χ4n) is 2.18. The van der Waals surface area contributed by atoms with Crippen molar-refractivity contribution in [3.8, 4) is 17.2 Å². The van der Waals surface area contributed by atoms with Gasteiger partial charge in [0.15, 0.2) is 0 Å². The van der Waals surface area contributed by atoms with Crippen molar-refractivity contribution >= 4 is 27.5 Å². The van der Waals surface area contributed by atoms with Crippen LogP contribution in [0, 0.1) is 0 Å². The van der Waals surface area contributed by atoms with Crippen LogP contribution in [0.2, 0.25) is 5.02 Å². The van der Waals surface area contributed by atoms with Crippen LogP contribution >= 0.6 is 27.5 Å². The van der Waals surface area contributed by atoms with Crippen LogP contribution < -0.4 is 10.1 Å². The molecule has 0 unspecified atom stereocenters. The lowest BCUT2D eigenvalue weighted by atomic mass is 10.2. The standard InChI is InChI=1S/C18H16BrClN2O2/c19-13-4-6-15(16(20)11-13)17-7-5-14(24-17)12-21-9-10-23-18-3-1-2-8-22-18/h1-8,11,21H,9-10,12H2. The maximum Gasteiger partial charge on any atom is 0.213 e. The van der Waals surface area contributed by atoms with Crippen LogP contribution in [-0.4, -0.2) is 18.1 Å². The molecule has 0 aliphatic carbocycles. The Morgan fingerprint density at radius 2 is 2.08 bits per heavy atom. The Morgan fingerprint density at radius 1 is 1.17 bits per heavy atom. The van der Waals surface area contributed by atoms with Gasteiger partial charge in [0, 0.05) is 28.8 Å². The third-order valence-electron chi connectivity index (χ3n) is 3.32. The van der Waals surface area contributed by atoms with E-state index in [1.54, 1.807) is 6.20 Å². The van der Waals surface area contributed by atoms with Crippen LogP contribution in [0.3, 0.4) is 0 Å². The number of furan rings is 1. The minimum Gasteiger partial charge on any atom is -0.476 e. The normalized spacial score (nSPS) is 10.8. The Balaban J connectivity index is 1.48. The van der Waals surface area contributed by atoms with Crippen molar-refractivity contribution in [1.29, 1.82) is 0 Å². The number of nitrogens with zero attached hydrogens (tertiary/aromatic N) is 1. The average molecular weight is 408 g/mol. The first kappa shape index (κ1) is 17.0. The molecule has 0 amide bonds. The summed E-state index contributed by atoms with van der Waals surface area (Å²) in [5.41, 5.74) is 0.879. The molecule has 3 rings (SSSR count). The highest BCUT2D eigenvalue weighted by Gasteiger charge is 2.09. The molecule has 1 N–H and O–H groups in total. The van der Waals surface area contributed by atoms with Crippen molar-refractivity contribution < 1.29 is 9.15 Å². The third kappa shape index (κ3) is 4.60. The molecule has 0 bridgehead atoms. The van der Waals surface area contributed by atoms with E-state index >= 15 is 0 Å². The fourth-order valence-corrected chi connectivity index (χ4v) is 2.95. The van der Waals surface area contributed by atoms with E-state index in [0.717, 1.165) is 21.6 Å². The van der Waals surface area contributed by atoms with E-state index in [0.29, 0.717) is 30.6 Å². The zero-order valence-electron chi connectivity index (χ0n) is 12.8. The first-order chi connectivity index (χ1) is 11.7. The molecule has 0 aliphatic heterocycles. The van der Waals surface area contributed by atoms with Gasteiger partial charge in [-0.3, -0.25) is 0 Å². The van der Waals surface area contributed by atoms with E-state index in [-0.39, 0.29) is 0 Å². The second-order valence-electron chi connectivity index (χ2n) is 5.08. The van der Waals surface area contributed by atoms with Crippen LogP contribution in [0.1, 0.15) is 5.76 Å². The number of benzene rings is 1. The van der Waals surface area contributed by atoms with E-state index < -0.39 is 0 Å². The summed E-state index contributed by atoms with van der Waals surface area (Å²) in [6.45, 7) is 1.87. The molecule has 4 nitrogen and oxygen atoms in total. The monoisotopic (exact) mass is 406 g/mol. The van der Waals surface area contributed by atoms with Crippen molar-refractivity contribution in [2.45, 2.75) is 6.54 Å². The highest BCUT2D eigenvalue weighted by molar-refractivity contribution is 9.10. The van der Waals surface area contributed by atoms with Gasteiger partial charge in [-0.25, -0.2) is 4.98 Å². The summed E-state index contributed by atoms with van der Waals surface area (Å²) < 4.78 is 12.3. The summed E-state index contributed by atoms with van der Waals surface area (Å²) in [5, 5.41) is 3.93. The number of halogens is 2. The van der Waals surface area contributed by atoms with Crippen molar-refractivity contribution in [2.24, 2.45) is 0 Å². The minimum absolute atomic E-state index is 0.545. The molecular weight excluding hydrogens is 392 g/mol. The van der Waals surface area contributed by atoms with Gasteiger partial charge in [-0.2, -0.15) is 0 Å². The van der Waals surface area contributed by atoms with E-state index in [4.69, 9.17) is 20.8 Å². The molecule has 124 valence electrons. The van der Waals surface area contributed by atoms with Gasteiger partial charge in [0.2, 0.25) is 5.88 Å². The first-order valence-corrected chi connectivity index (χ1v) is 8.68. The summed E-state index contributed by atoms with van der Waals surface area (Å²) in [6.07, 6.45) is 1.71. The fraction of sp³-hybridized carbons (Fsp3) is 0.167. The molecule has 0 atom stereocenters. The van der Waals surface area contributed by atoms with Gasteiger partial charge in [0.25, 0.3) is 0 Å². The van der Waals surface area contributed by atoms with Crippen molar-refractivity contribution in [3.63, 3.8) is 0 Å². The largest absolute Gasteiger partial charge is 0.476 e. The highest BCUT2D eigenvalue weighted by Crippen LogP contribution is 2.31. The molecule has 2 aromatic heterocycles. The molecular formula is C18H16BrClN2O2. The second-order valence-corrected chi connectivity index (χ2v) is 6.41. The van der Waals surface area contributed by atoms with E-state index in [1.165, 1.54) is 0 Å². The number of hydrogen-bond acceptors (Lipinski definition) is 4. The number of aromatic nitrogens is 1. The third-order valence-corrected chi connectivity index (χ3v) is 4.13. The zero-order chi connectivity index (χ0) is 16.8. The van der Waals surface area contributed by atoms with Gasteiger partial charge >= 0.3 is 0 Å². The van der Waals surface area contributed by atoms with Crippen LogP contribution in [-0.2, 0) is 6.54 Å². The Hall–Kier alpha value is -1.82. The Morgan fingerprint density at radius 3 is 2.88 bits per heavy atom. The molecule has 0 aliphatic rings. The smallest absolute Gasteiger partial charge is 0.213 e. The molecule has 2 heterocycles. The van der Waals surface area contributed by atoms with Gasteiger partial charge in [-0.1, -0.05) is 33.6 Å². The summed E-state index contributed by atoms with van der Waals surface area (Å²) in [6, 6.07) is 15.2. The van der Waals surface area contributed by atoms with Crippen molar-refractivity contribution in [2.75, 3.05) is 13.2 Å². The SMILES string of the molecule is Clc1cc(Br)ccc1-c1ccc(CNCCOc2ccccn2)o1. The maximum absolute atomic E-state index is 6.25. The second kappa shape index (κ2) is 8.33. The maximum atomic E-state index is 6.25. The van der Waals surface area contributed by atoms with E-state index in [9.17, 15) is 0 Å². The molecule has 1 aromatic carbocycles.